The van der Waals surface area contributed by atoms with Crippen molar-refractivity contribution in [2.45, 2.75) is 33.2 Å². The summed E-state index contributed by atoms with van der Waals surface area (Å²) in [6, 6.07) is 20.4. The molecule has 6 nitrogen and oxygen atoms in total. The number of hydrogen-bond donors (Lipinski definition) is 3. The molecule has 0 heterocycles. The lowest BCUT2D eigenvalue weighted by Crippen LogP contribution is -2.20. The van der Waals surface area contributed by atoms with Crippen molar-refractivity contribution in [2.75, 3.05) is 12.4 Å². The molecule has 0 radical (unpaired) electrons. The molecule has 1 amide bonds. The molecule has 0 aliphatic heterocycles. The van der Waals surface area contributed by atoms with Crippen molar-refractivity contribution >= 4 is 17.3 Å². The van der Waals surface area contributed by atoms with Gasteiger partial charge >= 0.3 is 0 Å². The van der Waals surface area contributed by atoms with Gasteiger partial charge in [-0.25, -0.2) is 4.99 Å². The molecule has 196 valence electrons. The molecule has 0 saturated carbocycles. The third-order valence-corrected chi connectivity index (χ3v) is 5.94. The van der Waals surface area contributed by atoms with E-state index in [0.717, 1.165) is 28.8 Å². The van der Waals surface area contributed by atoms with Crippen LogP contribution in [0.1, 0.15) is 53.4 Å². The summed E-state index contributed by atoms with van der Waals surface area (Å²) in [6.07, 6.45) is 8.05. The summed E-state index contributed by atoms with van der Waals surface area (Å²) in [7, 11) is 1.51. The second-order valence-electron chi connectivity index (χ2n) is 8.71. The van der Waals surface area contributed by atoms with Crippen molar-refractivity contribution in [1.29, 1.82) is 0 Å². The van der Waals surface area contributed by atoms with Crippen LogP contribution in [0.5, 0.6) is 11.5 Å². The Bertz CT molecular complexity index is 1370. The van der Waals surface area contributed by atoms with Crippen molar-refractivity contribution < 1.29 is 14.6 Å². The lowest BCUT2D eigenvalue weighted by atomic mass is 10.0. The number of allylic oxidation sites excluding steroid dienone is 4. The Labute approximate surface area is 225 Å². The lowest BCUT2D eigenvalue weighted by molar-refractivity contribution is 0.102. The predicted octanol–water partition coefficient (Wildman–Crippen LogP) is 7.10. The van der Waals surface area contributed by atoms with E-state index in [0.29, 0.717) is 22.8 Å². The highest BCUT2D eigenvalue weighted by Crippen LogP contribution is 2.27. The number of anilines is 1. The Morgan fingerprint density at radius 3 is 2.58 bits per heavy atom. The first-order valence-corrected chi connectivity index (χ1v) is 12.5. The van der Waals surface area contributed by atoms with E-state index in [4.69, 9.17) is 9.73 Å². The molecule has 38 heavy (non-hydrogen) atoms. The highest BCUT2D eigenvalue weighted by Gasteiger charge is 2.14. The number of amides is 1. The van der Waals surface area contributed by atoms with Crippen LogP contribution in [-0.2, 0) is 0 Å². The molecule has 0 spiro atoms. The molecule has 3 aromatic rings. The van der Waals surface area contributed by atoms with Gasteiger partial charge in [-0.2, -0.15) is 0 Å². The average molecular weight is 510 g/mol. The molecule has 3 N–H and O–H groups in total. The number of benzene rings is 3. The summed E-state index contributed by atoms with van der Waals surface area (Å²) in [5, 5.41) is 16.5. The van der Waals surface area contributed by atoms with Gasteiger partial charge in [-0.05, 0) is 80.4 Å². The van der Waals surface area contributed by atoms with E-state index in [1.807, 2.05) is 74.5 Å². The minimum absolute atomic E-state index is 0.0419. The van der Waals surface area contributed by atoms with Gasteiger partial charge < -0.3 is 20.5 Å². The first kappa shape index (κ1) is 28.0. The number of hydrogen-bond acceptors (Lipinski definition) is 5. The Kier molecular flexibility index (Phi) is 10.1. The van der Waals surface area contributed by atoms with Crippen LogP contribution in [0.2, 0.25) is 0 Å². The van der Waals surface area contributed by atoms with Crippen molar-refractivity contribution in [3.63, 3.8) is 0 Å². The first-order chi connectivity index (χ1) is 18.4. The summed E-state index contributed by atoms with van der Waals surface area (Å²) in [5.41, 5.74) is 4.88. The number of phenolic OH excluding ortho intramolecular Hbond substituents is 1. The maximum absolute atomic E-state index is 12.8. The molecule has 3 aromatic carbocycles. The normalized spacial score (nSPS) is 12.7. The molecular weight excluding hydrogens is 474 g/mol. The monoisotopic (exact) mass is 509 g/mol. The van der Waals surface area contributed by atoms with Gasteiger partial charge in [0, 0.05) is 16.8 Å². The lowest BCUT2D eigenvalue weighted by Gasteiger charge is -2.20. The van der Waals surface area contributed by atoms with Crippen molar-refractivity contribution in [2.24, 2.45) is 4.99 Å². The number of phenols is 1. The first-order valence-electron chi connectivity index (χ1n) is 12.5. The Morgan fingerprint density at radius 1 is 1.11 bits per heavy atom. The molecule has 0 aliphatic rings. The summed E-state index contributed by atoms with van der Waals surface area (Å²) in [5.74, 6) is 0.969. The Balaban J connectivity index is 1.85. The number of aliphatic imine (C=N–C) groups is 1. The zero-order chi connectivity index (χ0) is 27.5. The van der Waals surface area contributed by atoms with E-state index in [1.54, 1.807) is 30.3 Å². The predicted molar refractivity (Wildman–Crippen MR) is 156 cm³/mol. The molecule has 0 aromatic heterocycles. The van der Waals surface area contributed by atoms with Gasteiger partial charge in [0.25, 0.3) is 5.91 Å². The number of aryl methyl sites for hydroxylation is 1. The quantitative estimate of drug-likeness (QED) is 0.190. The molecule has 3 rings (SSSR count). The number of rotatable bonds is 11. The van der Waals surface area contributed by atoms with Crippen molar-refractivity contribution in [3.8, 4) is 11.5 Å². The highest BCUT2D eigenvalue weighted by molar-refractivity contribution is 6.09. The van der Waals surface area contributed by atoms with Crippen LogP contribution in [0.3, 0.4) is 0 Å². The molecule has 0 saturated heterocycles. The number of aromatic hydroxyl groups is 1. The fourth-order valence-electron chi connectivity index (χ4n) is 3.93. The maximum Gasteiger partial charge on any atom is 0.255 e. The van der Waals surface area contributed by atoms with Crippen LogP contribution in [0, 0.1) is 6.92 Å². The fourth-order valence-corrected chi connectivity index (χ4v) is 3.93. The zero-order valence-electron chi connectivity index (χ0n) is 22.4. The van der Waals surface area contributed by atoms with Crippen LogP contribution < -0.4 is 15.4 Å². The summed E-state index contributed by atoms with van der Waals surface area (Å²) in [6.45, 7) is 9.74. The Hall–Kier alpha value is -4.58. The van der Waals surface area contributed by atoms with E-state index < -0.39 is 0 Å². The second kappa shape index (κ2) is 13.7. The number of carbonyl (C=O) groups excluding carboxylic acids is 1. The van der Waals surface area contributed by atoms with Gasteiger partial charge in [-0.15, -0.1) is 0 Å². The van der Waals surface area contributed by atoms with E-state index in [-0.39, 0.29) is 17.7 Å². The number of carbonyl (C=O) groups is 1. The van der Waals surface area contributed by atoms with E-state index >= 15 is 0 Å². The summed E-state index contributed by atoms with van der Waals surface area (Å²) < 4.78 is 5.27. The molecular formula is C32H35N3O3. The number of methoxy groups -OCH3 is 1. The van der Waals surface area contributed by atoms with Crippen LogP contribution >= 0.6 is 0 Å². The van der Waals surface area contributed by atoms with Crippen molar-refractivity contribution in [1.82, 2.24) is 5.32 Å². The Morgan fingerprint density at radius 2 is 1.89 bits per heavy atom. The average Bonchev–Trinajstić information content (AvgIpc) is 2.93. The molecule has 0 fully saturated rings. The third kappa shape index (κ3) is 7.46. The standard InChI is InChI=1S/C32H35N3O3/c1-6-9-16-28(24-17-18-29(36)30(21-24)38-5)35-31(8-3)34-27(7-2)23-13-11-15-26(20-23)33-32(37)25-14-10-12-22(4)19-25/h6,8-21,27,34,36H,1,7H2,2-5H3,(H,33,37)/b16-9+,31-8-,35-28-/t27-/m0/s1. The minimum atomic E-state index is -0.145. The highest BCUT2D eigenvalue weighted by atomic mass is 16.5. The smallest absolute Gasteiger partial charge is 0.255 e. The van der Waals surface area contributed by atoms with Gasteiger partial charge in [-0.3, -0.25) is 4.79 Å². The van der Waals surface area contributed by atoms with Gasteiger partial charge in [0.2, 0.25) is 0 Å². The number of ether oxygens (including phenoxy) is 1. The number of nitrogens with one attached hydrogen (secondary N) is 2. The van der Waals surface area contributed by atoms with Gasteiger partial charge in [0.15, 0.2) is 11.5 Å². The summed E-state index contributed by atoms with van der Waals surface area (Å²) >= 11 is 0. The minimum Gasteiger partial charge on any atom is -0.504 e. The fraction of sp³-hybridized carbons (Fsp3) is 0.188. The summed E-state index contributed by atoms with van der Waals surface area (Å²) in [4.78, 5) is 17.6. The molecule has 1 atom stereocenters. The second-order valence-corrected chi connectivity index (χ2v) is 8.71. The largest absolute Gasteiger partial charge is 0.504 e. The van der Waals surface area contributed by atoms with Crippen LogP contribution in [0.4, 0.5) is 5.69 Å². The van der Waals surface area contributed by atoms with Crippen molar-refractivity contribution in [3.05, 3.63) is 126 Å². The van der Waals surface area contributed by atoms with E-state index in [9.17, 15) is 9.90 Å². The topological polar surface area (TPSA) is 83.0 Å². The van der Waals surface area contributed by atoms with Gasteiger partial charge in [0.1, 0.15) is 5.82 Å². The number of nitrogens with zero attached hydrogens (tertiary/aromatic N) is 1. The van der Waals surface area contributed by atoms with Crippen LogP contribution in [0.15, 0.2) is 108 Å². The van der Waals surface area contributed by atoms with Crippen LogP contribution in [-0.4, -0.2) is 23.8 Å². The zero-order valence-corrected chi connectivity index (χ0v) is 22.4. The molecule has 6 heteroatoms. The van der Waals surface area contributed by atoms with E-state index in [2.05, 4.69) is 24.1 Å². The van der Waals surface area contributed by atoms with Gasteiger partial charge in [0.05, 0.1) is 18.9 Å². The SMILES string of the molecule is C=C/C=C/C(=N/C(=C\C)N[C@@H](CC)c1cccc(NC(=O)c2cccc(C)c2)c1)c1ccc(O)c(OC)c1. The molecule has 0 bridgehead atoms. The molecule has 0 unspecified atom stereocenters. The molecule has 0 aliphatic carbocycles. The third-order valence-electron chi connectivity index (χ3n) is 5.94. The van der Waals surface area contributed by atoms with Crippen LogP contribution in [0.25, 0.3) is 0 Å². The maximum atomic E-state index is 12.8. The van der Waals surface area contributed by atoms with Gasteiger partial charge in [-0.1, -0.05) is 55.5 Å². The van der Waals surface area contributed by atoms with E-state index in [1.165, 1.54) is 7.11 Å².